The molecule has 0 spiro atoms. The Morgan fingerprint density at radius 1 is 1.32 bits per heavy atom. The number of ketones is 1. The molecule has 1 aliphatic carbocycles. The lowest BCUT2D eigenvalue weighted by atomic mass is 9.75. The molecule has 1 aliphatic heterocycles. The minimum absolute atomic E-state index is 0.0291. The van der Waals surface area contributed by atoms with Crippen molar-refractivity contribution in [2.75, 3.05) is 16.0 Å². The molecule has 11 nitrogen and oxygen atoms in total. The van der Waals surface area contributed by atoms with Gasteiger partial charge in [-0.05, 0) is 31.4 Å². The molecule has 2 heterocycles. The van der Waals surface area contributed by atoms with Crippen LogP contribution in [0.2, 0.25) is 5.02 Å². The van der Waals surface area contributed by atoms with Gasteiger partial charge < -0.3 is 11.1 Å². The number of carbonyl (C=O) groups excluding carboxylic acids is 2. The summed E-state index contributed by atoms with van der Waals surface area (Å²) in [6.45, 7) is 1.95. The van der Waals surface area contributed by atoms with E-state index in [1.165, 1.54) is 29.5 Å². The molecule has 0 saturated heterocycles. The van der Waals surface area contributed by atoms with Crippen molar-refractivity contribution < 1.29 is 14.5 Å². The van der Waals surface area contributed by atoms with Gasteiger partial charge in [-0.2, -0.15) is 5.26 Å². The van der Waals surface area contributed by atoms with Crippen molar-refractivity contribution in [3.63, 3.8) is 0 Å². The van der Waals surface area contributed by atoms with E-state index in [4.69, 9.17) is 17.3 Å². The number of benzene rings is 2. The number of nitrogens with zero attached hydrogens (tertiary/aromatic N) is 5. The van der Waals surface area contributed by atoms with Crippen LogP contribution < -0.4 is 16.0 Å². The first-order valence-electron chi connectivity index (χ1n) is 12.4. The molecule has 0 saturated carbocycles. The topological polar surface area (TPSA) is 168 Å². The number of aryl methyl sites for hydroxylation is 1. The average Bonchev–Trinajstić information content (AvgIpc) is 3.41. The molecule has 3 N–H and O–H groups in total. The summed E-state index contributed by atoms with van der Waals surface area (Å²) in [5.74, 6) is -0.909. The highest BCUT2D eigenvalue weighted by molar-refractivity contribution is 8.01. The van der Waals surface area contributed by atoms with E-state index in [9.17, 15) is 25.0 Å². The van der Waals surface area contributed by atoms with Gasteiger partial charge in [0.15, 0.2) is 10.1 Å². The highest BCUT2D eigenvalue weighted by Gasteiger charge is 2.41. The molecule has 0 bridgehead atoms. The van der Waals surface area contributed by atoms with Crippen molar-refractivity contribution >= 4 is 62.9 Å². The van der Waals surface area contributed by atoms with Gasteiger partial charge in [-0.25, -0.2) is 0 Å². The monoisotopic (exact) mass is 607 g/mol. The van der Waals surface area contributed by atoms with Crippen LogP contribution in [0.3, 0.4) is 0 Å². The standard InChI is InChI=1S/C27H22ClN7O4S2/c1-14-4-2-5-15(10-14)23-17(12-29)25(30)34(20-6-3-7-21(36)24(20)23)26-32-33-27(41-26)40-13-22(37)31-19-11-16(35(38)39)8-9-18(19)28/h2,4-5,8-11,23H,3,6-7,13,30H2,1H3,(H,31,37). The summed E-state index contributed by atoms with van der Waals surface area (Å²) in [6.07, 6.45) is 1.61. The molecule has 2 aliphatic rings. The zero-order valence-electron chi connectivity index (χ0n) is 21.6. The number of rotatable bonds is 7. The van der Waals surface area contributed by atoms with Crippen LogP contribution in [0.15, 0.2) is 69.5 Å². The largest absolute Gasteiger partial charge is 0.384 e. The van der Waals surface area contributed by atoms with Gasteiger partial charge in [-0.1, -0.05) is 64.5 Å². The Balaban J connectivity index is 1.40. The van der Waals surface area contributed by atoms with Crippen LogP contribution in [-0.2, 0) is 9.59 Å². The van der Waals surface area contributed by atoms with E-state index in [1.807, 2.05) is 31.2 Å². The maximum Gasteiger partial charge on any atom is 0.271 e. The fourth-order valence-corrected chi connectivity index (χ4v) is 6.72. The van der Waals surface area contributed by atoms with Gasteiger partial charge in [0.2, 0.25) is 11.0 Å². The van der Waals surface area contributed by atoms with Crippen molar-refractivity contribution in [2.24, 2.45) is 5.73 Å². The van der Waals surface area contributed by atoms with Crippen LogP contribution in [0.5, 0.6) is 0 Å². The second-order valence-corrected chi connectivity index (χ2v) is 11.9. The Bertz CT molecular complexity index is 1690. The zero-order chi connectivity index (χ0) is 29.3. The highest BCUT2D eigenvalue weighted by Crippen LogP contribution is 2.47. The summed E-state index contributed by atoms with van der Waals surface area (Å²) in [5.41, 5.74) is 9.88. The third-order valence-corrected chi connectivity index (χ3v) is 9.01. The Morgan fingerprint density at radius 2 is 2.12 bits per heavy atom. The molecule has 0 fully saturated rings. The van der Waals surface area contributed by atoms with E-state index in [0.717, 1.165) is 22.9 Å². The Morgan fingerprint density at radius 3 is 2.85 bits per heavy atom. The number of nitrogens with two attached hydrogens (primary N) is 1. The number of allylic oxidation sites excluding steroid dienone is 3. The number of non-ortho nitro benzene ring substituents is 1. The maximum atomic E-state index is 13.3. The Kier molecular flexibility index (Phi) is 8.07. The number of nitrogens with one attached hydrogen (secondary N) is 1. The van der Waals surface area contributed by atoms with Crippen molar-refractivity contribution in [1.29, 1.82) is 5.26 Å². The van der Waals surface area contributed by atoms with Crippen LogP contribution in [0.1, 0.15) is 36.3 Å². The second kappa shape index (κ2) is 11.7. The lowest BCUT2D eigenvalue weighted by molar-refractivity contribution is -0.384. The molecular weight excluding hydrogens is 586 g/mol. The first-order chi connectivity index (χ1) is 19.7. The zero-order valence-corrected chi connectivity index (χ0v) is 24.0. The summed E-state index contributed by atoms with van der Waals surface area (Å²) < 4.78 is 0.455. The van der Waals surface area contributed by atoms with Crippen LogP contribution >= 0.6 is 34.7 Å². The molecule has 1 aromatic heterocycles. The molecule has 1 atom stereocenters. The number of halogens is 1. The minimum atomic E-state index is -0.578. The fraction of sp³-hybridized carbons (Fsp3) is 0.222. The fourth-order valence-electron chi connectivity index (χ4n) is 4.88. The van der Waals surface area contributed by atoms with Gasteiger partial charge in [0.1, 0.15) is 5.82 Å². The van der Waals surface area contributed by atoms with E-state index < -0.39 is 16.7 Å². The average molecular weight is 608 g/mol. The number of thioether (sulfide) groups is 1. The maximum absolute atomic E-state index is 13.3. The van der Waals surface area contributed by atoms with E-state index in [-0.39, 0.29) is 39.3 Å². The van der Waals surface area contributed by atoms with E-state index in [2.05, 4.69) is 21.6 Å². The number of nitro benzene ring substituents is 1. The van der Waals surface area contributed by atoms with E-state index >= 15 is 0 Å². The molecule has 2 aromatic carbocycles. The second-order valence-electron chi connectivity index (χ2n) is 9.34. The third-order valence-electron chi connectivity index (χ3n) is 6.64. The smallest absolute Gasteiger partial charge is 0.271 e. The number of hydrogen-bond acceptors (Lipinski definition) is 11. The highest BCUT2D eigenvalue weighted by atomic mass is 35.5. The summed E-state index contributed by atoms with van der Waals surface area (Å²) in [4.78, 5) is 37.9. The molecule has 208 valence electrons. The molecule has 1 amide bonds. The number of carbonyl (C=O) groups is 2. The number of aromatic nitrogens is 2. The van der Waals surface area contributed by atoms with Crippen LogP contribution in [0, 0.1) is 28.4 Å². The molecule has 41 heavy (non-hydrogen) atoms. The van der Waals surface area contributed by atoms with Gasteiger partial charge in [0.25, 0.3) is 5.69 Å². The quantitative estimate of drug-likeness (QED) is 0.200. The Hall–Kier alpha value is -4.25. The van der Waals surface area contributed by atoms with Crippen LogP contribution in [-0.4, -0.2) is 32.6 Å². The van der Waals surface area contributed by atoms with E-state index in [0.29, 0.717) is 40.0 Å². The number of amides is 1. The summed E-state index contributed by atoms with van der Waals surface area (Å²) in [5, 5.41) is 32.8. The molecule has 1 unspecified atom stereocenters. The molecule has 14 heteroatoms. The van der Waals surface area contributed by atoms with Crippen molar-refractivity contribution in [2.45, 2.75) is 36.4 Å². The molecule has 0 radical (unpaired) electrons. The molecule has 3 aromatic rings. The van der Waals surface area contributed by atoms with Crippen molar-refractivity contribution in [3.05, 3.63) is 91.4 Å². The summed E-state index contributed by atoms with van der Waals surface area (Å²) in [7, 11) is 0. The first kappa shape index (κ1) is 28.3. The Labute approximate surface area is 247 Å². The lowest BCUT2D eigenvalue weighted by Crippen LogP contribution is -2.38. The van der Waals surface area contributed by atoms with Crippen LogP contribution in [0.4, 0.5) is 16.5 Å². The predicted octanol–water partition coefficient (Wildman–Crippen LogP) is 5.44. The van der Waals surface area contributed by atoms with Crippen molar-refractivity contribution in [3.8, 4) is 6.07 Å². The first-order valence-corrected chi connectivity index (χ1v) is 14.6. The summed E-state index contributed by atoms with van der Waals surface area (Å²) >= 11 is 8.36. The SMILES string of the molecule is Cc1cccc(C2C(C#N)=C(N)N(c3nnc(SCC(=O)Nc4cc([N+](=O)[O-])ccc4Cl)s3)C3=C2C(=O)CCC3)c1. The van der Waals surface area contributed by atoms with Crippen molar-refractivity contribution in [1.82, 2.24) is 10.2 Å². The van der Waals surface area contributed by atoms with Gasteiger partial charge >= 0.3 is 0 Å². The molecular formula is C27H22ClN7O4S2. The van der Waals surface area contributed by atoms with Gasteiger partial charge in [0, 0.05) is 29.8 Å². The number of anilines is 2. The predicted molar refractivity (Wildman–Crippen MR) is 156 cm³/mol. The lowest BCUT2D eigenvalue weighted by Gasteiger charge is -2.38. The number of hydrogen-bond donors (Lipinski definition) is 2. The number of Topliss-reactive ketones (excluding diaryl/α,β-unsaturated/α-hetero) is 1. The van der Waals surface area contributed by atoms with Crippen LogP contribution in [0.25, 0.3) is 0 Å². The molecule has 5 rings (SSSR count). The summed E-state index contributed by atoms with van der Waals surface area (Å²) in [6, 6.07) is 13.7. The van der Waals surface area contributed by atoms with E-state index in [1.54, 1.807) is 4.90 Å². The normalized spacial score (nSPS) is 16.9. The van der Waals surface area contributed by atoms with Gasteiger partial charge in [-0.15, -0.1) is 10.2 Å². The number of nitro groups is 1. The van der Waals surface area contributed by atoms with Gasteiger partial charge in [-0.3, -0.25) is 24.6 Å². The number of nitriles is 1. The van der Waals surface area contributed by atoms with Gasteiger partial charge in [0.05, 0.1) is 38.9 Å². The minimum Gasteiger partial charge on any atom is -0.384 e. The third kappa shape index (κ3) is 5.67.